The summed E-state index contributed by atoms with van der Waals surface area (Å²) in [5.41, 5.74) is 0. The van der Waals surface area contributed by atoms with Crippen molar-refractivity contribution < 1.29 is 9.47 Å². The van der Waals surface area contributed by atoms with Crippen molar-refractivity contribution in [2.24, 2.45) is 5.92 Å². The zero-order valence-corrected chi connectivity index (χ0v) is 33.3. The summed E-state index contributed by atoms with van der Waals surface area (Å²) in [7, 11) is 4.42. The van der Waals surface area contributed by atoms with E-state index in [0.29, 0.717) is 12.2 Å². The highest BCUT2D eigenvalue weighted by Crippen LogP contribution is 2.44. The molecule has 0 radical (unpaired) electrons. The highest BCUT2D eigenvalue weighted by molar-refractivity contribution is 4.94. The highest BCUT2D eigenvalue weighted by Gasteiger charge is 2.48. The minimum Gasteiger partial charge on any atom is -0.344 e. The maximum Gasteiger partial charge on any atom is 0.169 e. The molecule has 0 spiro atoms. The topological polar surface area (TPSA) is 21.7 Å². The van der Waals surface area contributed by atoms with Gasteiger partial charge in [-0.05, 0) is 116 Å². The molecule has 284 valence electrons. The first-order chi connectivity index (χ1) is 24.1. The predicted octanol–water partition coefficient (Wildman–Crippen LogP) is 14.2. The van der Waals surface area contributed by atoms with Crippen molar-refractivity contribution in [3.8, 4) is 0 Å². The Morgan fingerprint density at radius 1 is 0.490 bits per heavy atom. The number of unbranched alkanes of at least 4 members (excludes halogenated alkanes) is 18. The number of nitrogens with zero attached hydrogens (tertiary/aromatic N) is 1. The molecule has 2 aliphatic rings. The van der Waals surface area contributed by atoms with Gasteiger partial charge in [0.15, 0.2) is 5.79 Å². The molecule has 3 heteroatoms. The lowest BCUT2D eigenvalue weighted by molar-refractivity contribution is -0.186. The van der Waals surface area contributed by atoms with Crippen molar-refractivity contribution in [3.63, 3.8) is 0 Å². The largest absolute Gasteiger partial charge is 0.344 e. The average Bonchev–Trinajstić information content (AvgIpc) is 3.45. The van der Waals surface area contributed by atoms with Crippen LogP contribution in [0.1, 0.15) is 200 Å². The second-order valence-electron chi connectivity index (χ2n) is 15.8. The van der Waals surface area contributed by atoms with Crippen LogP contribution in [-0.2, 0) is 9.47 Å². The van der Waals surface area contributed by atoms with Gasteiger partial charge in [-0.25, -0.2) is 0 Å². The maximum atomic E-state index is 6.95. The Morgan fingerprint density at radius 2 is 0.898 bits per heavy atom. The van der Waals surface area contributed by atoms with E-state index in [4.69, 9.17) is 9.47 Å². The Labute approximate surface area is 306 Å². The van der Waals surface area contributed by atoms with Crippen LogP contribution in [0.25, 0.3) is 0 Å². The summed E-state index contributed by atoms with van der Waals surface area (Å²) in [6.07, 6.45) is 56.5. The molecule has 1 saturated heterocycles. The third-order valence-electron chi connectivity index (χ3n) is 10.7. The van der Waals surface area contributed by atoms with Crippen molar-refractivity contribution in [1.82, 2.24) is 4.90 Å². The maximum absolute atomic E-state index is 6.95. The van der Waals surface area contributed by atoms with E-state index in [2.05, 4.69) is 81.5 Å². The first-order valence-corrected chi connectivity index (χ1v) is 21.7. The third-order valence-corrected chi connectivity index (χ3v) is 10.7. The molecule has 2 rings (SSSR count). The van der Waals surface area contributed by atoms with Gasteiger partial charge >= 0.3 is 0 Å². The molecule has 3 atom stereocenters. The Hall–Kier alpha value is -1.16. The summed E-state index contributed by atoms with van der Waals surface area (Å²) in [6.45, 7) is 5.72. The number of hydrogen-bond donors (Lipinski definition) is 0. The SMILES string of the molecule is CCCCC/C=C\C/C=C\CCCCCCCCC1(CCCCCCCC/C=C\C/C=C\CCCCC)O[C@H]2CC[C@H](CN(C)C)C[C@H]2O1. The lowest BCUT2D eigenvalue weighted by Crippen LogP contribution is -2.35. The van der Waals surface area contributed by atoms with Crippen molar-refractivity contribution >= 4 is 0 Å². The second kappa shape index (κ2) is 30.5. The van der Waals surface area contributed by atoms with Crippen LogP contribution in [-0.4, -0.2) is 43.5 Å². The minimum atomic E-state index is -0.313. The van der Waals surface area contributed by atoms with Gasteiger partial charge in [0.25, 0.3) is 0 Å². The number of hydrogen-bond acceptors (Lipinski definition) is 3. The standard InChI is InChI=1S/C46H83NO2/c1-5-7-9-11-13-15-17-19-21-23-25-27-29-31-33-35-39-46(48-44-38-37-43(42-47(3)4)41-45(44)49-46)40-36-34-32-30-28-26-24-22-20-18-16-14-12-10-8-6-2/h13-16,19-22,43-45H,5-12,17-18,23-42H2,1-4H3/b15-13-,16-14-,21-19-,22-20-/t43-,44-,45+/m0/s1. The van der Waals surface area contributed by atoms with E-state index in [1.165, 1.54) is 167 Å². The van der Waals surface area contributed by atoms with Gasteiger partial charge < -0.3 is 14.4 Å². The normalized spacial score (nSPS) is 21.0. The van der Waals surface area contributed by atoms with Crippen LogP contribution in [0.15, 0.2) is 48.6 Å². The fourth-order valence-electron chi connectivity index (χ4n) is 7.83. The molecule has 3 nitrogen and oxygen atoms in total. The summed E-state index contributed by atoms with van der Waals surface area (Å²) >= 11 is 0. The number of allylic oxidation sites excluding steroid dienone is 8. The van der Waals surface area contributed by atoms with Gasteiger partial charge in [-0.1, -0.05) is 140 Å². The Morgan fingerprint density at radius 3 is 1.35 bits per heavy atom. The minimum absolute atomic E-state index is 0.313. The summed E-state index contributed by atoms with van der Waals surface area (Å²) in [5.74, 6) is 0.437. The molecule has 0 bridgehead atoms. The third kappa shape index (κ3) is 23.1. The predicted molar refractivity (Wildman–Crippen MR) is 216 cm³/mol. The van der Waals surface area contributed by atoms with Gasteiger partial charge in [-0.2, -0.15) is 0 Å². The lowest BCUT2D eigenvalue weighted by atomic mass is 9.85. The Bertz CT molecular complexity index is 809. The summed E-state index contributed by atoms with van der Waals surface area (Å²) < 4.78 is 13.8. The average molecular weight is 682 g/mol. The molecule has 49 heavy (non-hydrogen) atoms. The molecule has 0 N–H and O–H groups in total. The highest BCUT2D eigenvalue weighted by atomic mass is 16.8. The van der Waals surface area contributed by atoms with Crippen LogP contribution < -0.4 is 0 Å². The quantitative estimate of drug-likeness (QED) is 0.0521. The Balaban J connectivity index is 1.61. The molecule has 0 aromatic carbocycles. The summed E-state index contributed by atoms with van der Waals surface area (Å²) in [4.78, 5) is 2.35. The van der Waals surface area contributed by atoms with Gasteiger partial charge in [0.1, 0.15) is 0 Å². The molecule has 0 amide bonds. The van der Waals surface area contributed by atoms with Gasteiger partial charge in [0.05, 0.1) is 12.2 Å². The van der Waals surface area contributed by atoms with Crippen LogP contribution in [0, 0.1) is 5.92 Å². The zero-order valence-electron chi connectivity index (χ0n) is 33.3. The van der Waals surface area contributed by atoms with E-state index in [0.717, 1.165) is 31.6 Å². The van der Waals surface area contributed by atoms with Crippen LogP contribution in [0.3, 0.4) is 0 Å². The van der Waals surface area contributed by atoms with Crippen LogP contribution in [0.4, 0.5) is 0 Å². The monoisotopic (exact) mass is 682 g/mol. The smallest absolute Gasteiger partial charge is 0.169 e. The molecule has 0 aromatic heterocycles. The van der Waals surface area contributed by atoms with Gasteiger partial charge in [-0.3, -0.25) is 0 Å². The lowest BCUT2D eigenvalue weighted by Gasteiger charge is -2.31. The number of fused-ring (bicyclic) bond motifs is 1. The van der Waals surface area contributed by atoms with Gasteiger partial charge in [0.2, 0.25) is 0 Å². The number of rotatable bonds is 32. The first-order valence-electron chi connectivity index (χ1n) is 21.7. The van der Waals surface area contributed by atoms with Gasteiger partial charge in [0, 0.05) is 19.4 Å². The molecule has 0 unspecified atom stereocenters. The Kier molecular flexibility index (Phi) is 27.4. The van der Waals surface area contributed by atoms with Crippen molar-refractivity contribution in [3.05, 3.63) is 48.6 Å². The molecule has 1 aliphatic heterocycles. The summed E-state index contributed by atoms with van der Waals surface area (Å²) in [5, 5.41) is 0. The first kappa shape index (κ1) is 44.0. The van der Waals surface area contributed by atoms with Crippen LogP contribution in [0.5, 0.6) is 0 Å². The van der Waals surface area contributed by atoms with Crippen LogP contribution >= 0.6 is 0 Å². The van der Waals surface area contributed by atoms with E-state index >= 15 is 0 Å². The number of ether oxygens (including phenoxy) is 2. The molecule has 1 saturated carbocycles. The zero-order chi connectivity index (χ0) is 35.1. The van der Waals surface area contributed by atoms with E-state index in [9.17, 15) is 0 Å². The fourth-order valence-corrected chi connectivity index (χ4v) is 7.83. The van der Waals surface area contributed by atoms with E-state index in [-0.39, 0.29) is 5.79 Å². The van der Waals surface area contributed by atoms with Crippen molar-refractivity contribution in [2.75, 3.05) is 20.6 Å². The molecular formula is C46H83NO2. The summed E-state index contributed by atoms with van der Waals surface area (Å²) in [6, 6.07) is 0. The molecule has 2 fully saturated rings. The van der Waals surface area contributed by atoms with Gasteiger partial charge in [-0.15, -0.1) is 0 Å². The molecule has 0 aromatic rings. The van der Waals surface area contributed by atoms with Crippen molar-refractivity contribution in [2.45, 2.75) is 218 Å². The molecular weight excluding hydrogens is 599 g/mol. The molecule has 1 aliphatic carbocycles. The second-order valence-corrected chi connectivity index (χ2v) is 15.8. The van der Waals surface area contributed by atoms with Crippen LogP contribution in [0.2, 0.25) is 0 Å². The van der Waals surface area contributed by atoms with E-state index in [1.807, 2.05) is 0 Å². The molecule has 1 heterocycles. The van der Waals surface area contributed by atoms with E-state index < -0.39 is 0 Å². The van der Waals surface area contributed by atoms with E-state index in [1.54, 1.807) is 0 Å². The fraction of sp³-hybridized carbons (Fsp3) is 0.826. The van der Waals surface area contributed by atoms with Crippen molar-refractivity contribution in [1.29, 1.82) is 0 Å².